The van der Waals surface area contributed by atoms with Crippen LogP contribution in [0.25, 0.3) is 28.3 Å². The molecule has 3 heterocycles. The first kappa shape index (κ1) is 35.4. The van der Waals surface area contributed by atoms with Crippen molar-refractivity contribution in [2.75, 3.05) is 6.61 Å². The first-order valence-electron chi connectivity index (χ1n) is 15.2. The minimum atomic E-state index is -4.73. The molecule has 244 valence electrons. The molecule has 1 atom stereocenters. The summed E-state index contributed by atoms with van der Waals surface area (Å²) < 4.78 is 51.6. The average molecular weight is 679 g/mol. The zero-order valence-electron chi connectivity index (χ0n) is 25.0. The molecule has 6 rings (SSSR count). The summed E-state index contributed by atoms with van der Waals surface area (Å²) in [6.45, 7) is 1.22. The van der Waals surface area contributed by atoms with Crippen molar-refractivity contribution in [2.24, 2.45) is 0 Å². The second-order valence-corrected chi connectivity index (χ2v) is 11.5. The third-order valence-corrected chi connectivity index (χ3v) is 8.46. The van der Waals surface area contributed by atoms with Gasteiger partial charge in [-0.3, -0.25) is 18.9 Å². The first-order chi connectivity index (χ1) is 22.1. The molecule has 2 N–H and O–H groups in total. The first-order valence-corrected chi connectivity index (χ1v) is 15.2. The number of aryl methyl sites for hydroxylation is 1. The number of alkyl halides is 3. The molecule has 0 amide bonds. The Morgan fingerprint density at radius 2 is 1.77 bits per heavy atom. The fraction of sp³-hybridized carbons (Fsp3) is 0.406. The Labute approximate surface area is 309 Å². The van der Waals surface area contributed by atoms with Crippen LogP contribution in [0.5, 0.6) is 0 Å². The molecule has 15 heteroatoms. The van der Waals surface area contributed by atoms with E-state index < -0.39 is 30.7 Å². The number of hydrogen-bond donors (Lipinski definition) is 2. The van der Waals surface area contributed by atoms with Gasteiger partial charge in [-0.15, -0.1) is 0 Å². The molecule has 1 aliphatic rings. The molecular weight excluding hydrogens is 644 g/mol. The van der Waals surface area contributed by atoms with Gasteiger partial charge >= 0.3 is 63.3 Å². The molecule has 5 aromatic rings. The minimum absolute atomic E-state index is 0. The van der Waals surface area contributed by atoms with E-state index in [9.17, 15) is 27.9 Å². The van der Waals surface area contributed by atoms with Gasteiger partial charge in [-0.2, -0.15) is 23.3 Å². The van der Waals surface area contributed by atoms with Crippen LogP contribution in [0.3, 0.4) is 0 Å². The van der Waals surface area contributed by atoms with Crippen LogP contribution in [0, 0.1) is 0 Å². The Kier molecular flexibility index (Phi) is 11.4. The number of hydrogen-bond acceptors (Lipinski definition) is 8. The topological polar surface area (TPSA) is 141 Å². The van der Waals surface area contributed by atoms with E-state index in [1.54, 1.807) is 9.08 Å². The summed E-state index contributed by atoms with van der Waals surface area (Å²) >= 11 is 0. The number of halogens is 3. The molecule has 47 heavy (non-hydrogen) atoms. The van der Waals surface area contributed by atoms with Crippen LogP contribution >= 0.6 is 0 Å². The molecule has 0 saturated heterocycles. The summed E-state index contributed by atoms with van der Waals surface area (Å²) in [6, 6.07) is 15.1. The molecule has 1 fully saturated rings. The molecule has 0 bridgehead atoms. The molecule has 0 aliphatic heterocycles. The Morgan fingerprint density at radius 3 is 2.40 bits per heavy atom. The summed E-state index contributed by atoms with van der Waals surface area (Å²) in [4.78, 5) is 32.8. The predicted octanol–water partition coefficient (Wildman–Crippen LogP) is 4.22. The SMILES string of the molecule is CCCc1c(Cc2ccc(-c3ccccc3-c3noc(=O)[nH]3)cc2)c(=O)n([C@H]2CC[C@H](OCC(O)C(F)(F)F)CC2)c2ncnn12.[KH]. The molecule has 3 aromatic heterocycles. The predicted molar refractivity (Wildman–Crippen MR) is 168 cm³/mol. The molecule has 0 spiro atoms. The van der Waals surface area contributed by atoms with Crippen LogP contribution in [0.2, 0.25) is 0 Å². The number of aromatic amines is 1. The number of nitrogens with one attached hydrogen (secondary N) is 1. The Bertz CT molecular complexity index is 1930. The molecule has 11 nitrogen and oxygen atoms in total. The Hall–Kier alpha value is -2.92. The van der Waals surface area contributed by atoms with Crippen molar-refractivity contribution >= 4 is 57.2 Å². The fourth-order valence-electron chi connectivity index (χ4n) is 6.16. The Morgan fingerprint density at radius 1 is 1.06 bits per heavy atom. The van der Waals surface area contributed by atoms with Crippen molar-refractivity contribution in [3.05, 3.63) is 92.6 Å². The van der Waals surface area contributed by atoms with Crippen LogP contribution in [-0.2, 0) is 17.6 Å². The van der Waals surface area contributed by atoms with Crippen LogP contribution in [0.15, 0.2) is 69.0 Å². The monoisotopic (exact) mass is 678 g/mol. The zero-order chi connectivity index (χ0) is 32.4. The number of rotatable bonds is 10. The van der Waals surface area contributed by atoms with Gasteiger partial charge in [-0.05, 0) is 48.8 Å². The van der Waals surface area contributed by atoms with Gasteiger partial charge in [0.2, 0.25) is 5.78 Å². The van der Waals surface area contributed by atoms with Crippen molar-refractivity contribution in [1.29, 1.82) is 0 Å². The van der Waals surface area contributed by atoms with E-state index in [-0.39, 0.29) is 63.0 Å². The number of aromatic nitrogens is 6. The normalized spacial score (nSPS) is 17.5. The van der Waals surface area contributed by atoms with Crippen LogP contribution in [-0.4, -0.2) is 111 Å². The third-order valence-electron chi connectivity index (χ3n) is 8.46. The van der Waals surface area contributed by atoms with Gasteiger partial charge in [-0.1, -0.05) is 67.0 Å². The number of benzene rings is 2. The van der Waals surface area contributed by atoms with Gasteiger partial charge in [-0.25, -0.2) is 9.31 Å². The number of aliphatic hydroxyl groups is 1. The standard InChI is InChI=1S/C32H33F3N6O5.K.H/c1-2-5-26-25(16-19-8-10-20(11-9-19)23-6-3-4-7-24(23)28-38-31(44)46-39-28)29(43)40(30-36-18-37-41(26)30)21-12-14-22(15-13-21)45-17-27(42)32(33,34)35;;/h3-4,6-11,18,21-22,27,42H,2,5,12-17H2,1H3,(H,38,39,44);;/t21-,22-,27?;;. The van der Waals surface area contributed by atoms with Crippen molar-refractivity contribution in [3.8, 4) is 22.5 Å². The number of aliphatic hydroxyl groups excluding tert-OH is 1. The zero-order valence-corrected chi connectivity index (χ0v) is 25.0. The van der Waals surface area contributed by atoms with E-state index in [1.165, 1.54) is 6.33 Å². The van der Waals surface area contributed by atoms with Crippen molar-refractivity contribution < 1.29 is 27.5 Å². The second-order valence-electron chi connectivity index (χ2n) is 11.5. The Balaban J connectivity index is 0.00000433. The van der Waals surface area contributed by atoms with Crippen molar-refractivity contribution in [3.63, 3.8) is 0 Å². The van der Waals surface area contributed by atoms with E-state index >= 15 is 0 Å². The quantitative estimate of drug-likeness (QED) is 0.209. The summed E-state index contributed by atoms with van der Waals surface area (Å²) in [5.74, 6) is 0.127. The molecule has 1 unspecified atom stereocenters. The van der Waals surface area contributed by atoms with E-state index in [4.69, 9.17) is 9.26 Å². The summed E-state index contributed by atoms with van der Waals surface area (Å²) in [6.07, 6.45) is -2.61. The van der Waals surface area contributed by atoms with Crippen LogP contribution in [0.1, 0.15) is 61.9 Å². The van der Waals surface area contributed by atoms with E-state index in [2.05, 4.69) is 20.2 Å². The maximum absolute atomic E-state index is 14.2. The van der Waals surface area contributed by atoms with Gasteiger partial charge in [0.25, 0.3) is 5.56 Å². The summed E-state index contributed by atoms with van der Waals surface area (Å²) in [7, 11) is 0. The summed E-state index contributed by atoms with van der Waals surface area (Å²) in [5, 5.41) is 17.6. The van der Waals surface area contributed by atoms with Gasteiger partial charge in [0.15, 0.2) is 11.9 Å². The molecule has 1 saturated carbocycles. The van der Waals surface area contributed by atoms with Crippen LogP contribution in [0.4, 0.5) is 13.2 Å². The molecular formula is C32H34F3KN6O5. The van der Waals surface area contributed by atoms with E-state index in [1.807, 2.05) is 55.5 Å². The van der Waals surface area contributed by atoms with Crippen LogP contribution < -0.4 is 11.3 Å². The number of nitrogens with zero attached hydrogens (tertiary/aromatic N) is 5. The summed E-state index contributed by atoms with van der Waals surface area (Å²) in [5.41, 5.74) is 4.61. The maximum atomic E-state index is 14.2. The third kappa shape index (κ3) is 7.71. The molecule has 0 radical (unpaired) electrons. The van der Waals surface area contributed by atoms with Crippen molar-refractivity contribution in [1.82, 2.24) is 29.3 Å². The van der Waals surface area contributed by atoms with Gasteiger partial charge in [0, 0.05) is 23.6 Å². The number of H-pyrrole nitrogens is 1. The van der Waals surface area contributed by atoms with Crippen molar-refractivity contribution in [2.45, 2.75) is 76.3 Å². The van der Waals surface area contributed by atoms with Gasteiger partial charge < -0.3 is 9.84 Å². The average Bonchev–Trinajstić information content (AvgIpc) is 3.71. The molecule has 2 aromatic carbocycles. The second kappa shape index (κ2) is 15.1. The van der Waals surface area contributed by atoms with Gasteiger partial charge in [0.05, 0.1) is 18.4 Å². The fourth-order valence-corrected chi connectivity index (χ4v) is 6.16. The van der Waals surface area contributed by atoms with E-state index in [0.717, 1.165) is 28.8 Å². The molecule has 1 aliphatic carbocycles. The van der Waals surface area contributed by atoms with E-state index in [0.29, 0.717) is 61.3 Å². The van der Waals surface area contributed by atoms with Gasteiger partial charge in [0.1, 0.15) is 6.33 Å². The number of fused-ring (bicyclic) bond motifs is 1. The number of ether oxygens (including phenoxy) is 1.